The quantitative estimate of drug-likeness (QED) is 0.559. The summed E-state index contributed by atoms with van der Waals surface area (Å²) in [4.78, 5) is 35.6. The minimum atomic E-state index is -0.854. The Hall–Kier alpha value is -3.19. The van der Waals surface area contributed by atoms with Crippen LogP contribution in [0.2, 0.25) is 5.02 Å². The molecule has 0 saturated carbocycles. The molecule has 6 nitrogen and oxygen atoms in total. The Kier molecular flexibility index (Phi) is 7.71. The summed E-state index contributed by atoms with van der Waals surface area (Å²) < 4.78 is 23.3. The number of carbonyl (C=O) groups excluding carboxylic acids is 3. The second-order valence-corrected chi connectivity index (χ2v) is 5.80. The molecule has 1 amide bonds. The van der Waals surface area contributed by atoms with Crippen LogP contribution in [0.3, 0.4) is 0 Å². The molecule has 0 unspecified atom stereocenters. The van der Waals surface area contributed by atoms with Crippen LogP contribution < -0.4 is 5.32 Å². The van der Waals surface area contributed by atoms with Gasteiger partial charge in [-0.15, -0.1) is 0 Å². The van der Waals surface area contributed by atoms with E-state index in [0.29, 0.717) is 0 Å². The highest BCUT2D eigenvalue weighted by Crippen LogP contribution is 2.20. The van der Waals surface area contributed by atoms with E-state index in [2.05, 4.69) is 5.32 Å². The van der Waals surface area contributed by atoms with Crippen LogP contribution in [0.1, 0.15) is 22.8 Å². The fraction of sp³-hybridized carbons (Fsp3) is 0.150. The Morgan fingerprint density at radius 1 is 1.11 bits per heavy atom. The number of benzene rings is 2. The van der Waals surface area contributed by atoms with Crippen LogP contribution in [0.15, 0.2) is 48.5 Å². The van der Waals surface area contributed by atoms with Crippen LogP contribution in [0.25, 0.3) is 6.08 Å². The zero-order chi connectivity index (χ0) is 20.5. The van der Waals surface area contributed by atoms with E-state index in [-0.39, 0.29) is 28.4 Å². The van der Waals surface area contributed by atoms with Gasteiger partial charge in [-0.05, 0) is 37.3 Å². The third-order valence-corrected chi connectivity index (χ3v) is 3.76. The number of hydrogen-bond acceptors (Lipinski definition) is 5. The van der Waals surface area contributed by atoms with E-state index in [1.807, 2.05) is 0 Å². The lowest BCUT2D eigenvalue weighted by molar-refractivity contribution is -0.142. The van der Waals surface area contributed by atoms with Gasteiger partial charge in [-0.1, -0.05) is 29.8 Å². The molecule has 2 aromatic carbocycles. The van der Waals surface area contributed by atoms with Crippen molar-refractivity contribution >= 4 is 41.2 Å². The molecule has 0 fully saturated rings. The molecular formula is C20H17ClFNO5. The Bertz CT molecular complexity index is 893. The first-order chi connectivity index (χ1) is 13.4. The molecule has 2 rings (SSSR count). The Morgan fingerprint density at radius 2 is 1.86 bits per heavy atom. The lowest BCUT2D eigenvalue weighted by atomic mass is 10.2. The topological polar surface area (TPSA) is 81.7 Å². The third kappa shape index (κ3) is 5.92. The maximum atomic E-state index is 13.6. The summed E-state index contributed by atoms with van der Waals surface area (Å²) in [5.41, 5.74) is 0.447. The average molecular weight is 406 g/mol. The molecule has 0 spiro atoms. The van der Waals surface area contributed by atoms with Gasteiger partial charge in [0.1, 0.15) is 5.82 Å². The van der Waals surface area contributed by atoms with E-state index in [1.165, 1.54) is 30.3 Å². The largest absolute Gasteiger partial charge is 0.462 e. The van der Waals surface area contributed by atoms with Gasteiger partial charge >= 0.3 is 11.9 Å². The minimum Gasteiger partial charge on any atom is -0.462 e. The molecule has 8 heteroatoms. The second kappa shape index (κ2) is 10.2. The van der Waals surface area contributed by atoms with Gasteiger partial charge in [0.25, 0.3) is 5.91 Å². The number of carbonyl (C=O) groups is 3. The zero-order valence-corrected chi connectivity index (χ0v) is 15.7. The van der Waals surface area contributed by atoms with Crippen molar-refractivity contribution in [3.8, 4) is 0 Å². The molecule has 0 bridgehead atoms. The summed E-state index contributed by atoms with van der Waals surface area (Å²) in [7, 11) is 0. The van der Waals surface area contributed by atoms with Gasteiger partial charge in [0, 0.05) is 11.6 Å². The highest BCUT2D eigenvalue weighted by molar-refractivity contribution is 6.32. The molecule has 0 heterocycles. The van der Waals surface area contributed by atoms with Gasteiger partial charge in [-0.25, -0.2) is 14.0 Å². The van der Waals surface area contributed by atoms with Crippen LogP contribution in [-0.4, -0.2) is 31.1 Å². The standard InChI is InChI=1S/C20H17ClFNO5/c1-2-27-20(26)14-6-3-4-9-17(14)23-18(24)12-28-19(25)11-10-13-15(21)7-5-8-16(13)22/h3-11H,2,12H2,1H3,(H,23,24)/b11-10+. The molecule has 0 saturated heterocycles. The monoisotopic (exact) mass is 405 g/mol. The molecule has 28 heavy (non-hydrogen) atoms. The van der Waals surface area contributed by atoms with Gasteiger partial charge in [-0.2, -0.15) is 0 Å². The van der Waals surface area contributed by atoms with Gasteiger partial charge < -0.3 is 14.8 Å². The van der Waals surface area contributed by atoms with E-state index >= 15 is 0 Å². The number of hydrogen-bond donors (Lipinski definition) is 1. The van der Waals surface area contributed by atoms with E-state index < -0.39 is 30.3 Å². The van der Waals surface area contributed by atoms with Crippen molar-refractivity contribution in [3.05, 3.63) is 70.5 Å². The first kappa shape index (κ1) is 21.1. The Balaban J connectivity index is 1.93. The Morgan fingerprint density at radius 3 is 2.57 bits per heavy atom. The van der Waals surface area contributed by atoms with Gasteiger partial charge in [0.05, 0.1) is 22.9 Å². The molecular weight excluding hydrogens is 389 g/mol. The molecule has 0 aliphatic heterocycles. The summed E-state index contributed by atoms with van der Waals surface area (Å²) in [6.45, 7) is 1.27. The van der Waals surface area contributed by atoms with Crippen molar-refractivity contribution in [2.75, 3.05) is 18.5 Å². The molecule has 0 atom stereocenters. The molecule has 0 aromatic heterocycles. The van der Waals surface area contributed by atoms with Crippen molar-refractivity contribution < 1.29 is 28.2 Å². The SMILES string of the molecule is CCOC(=O)c1ccccc1NC(=O)COC(=O)/C=C/c1c(F)cccc1Cl. The van der Waals surface area contributed by atoms with Crippen LogP contribution in [0, 0.1) is 5.82 Å². The van der Waals surface area contributed by atoms with Gasteiger partial charge in [0.15, 0.2) is 6.61 Å². The predicted molar refractivity (Wildman–Crippen MR) is 102 cm³/mol. The lowest BCUT2D eigenvalue weighted by Crippen LogP contribution is -2.21. The van der Waals surface area contributed by atoms with Crippen molar-refractivity contribution in [1.29, 1.82) is 0 Å². The Labute approximate surface area is 165 Å². The molecule has 2 aromatic rings. The van der Waals surface area contributed by atoms with E-state index in [4.69, 9.17) is 21.1 Å². The van der Waals surface area contributed by atoms with E-state index in [0.717, 1.165) is 12.2 Å². The fourth-order valence-electron chi connectivity index (χ4n) is 2.17. The highest BCUT2D eigenvalue weighted by Gasteiger charge is 2.14. The summed E-state index contributed by atoms with van der Waals surface area (Å²) >= 11 is 5.85. The summed E-state index contributed by atoms with van der Waals surface area (Å²) in [5, 5.41) is 2.61. The average Bonchev–Trinajstić information content (AvgIpc) is 2.66. The first-order valence-electron chi connectivity index (χ1n) is 8.27. The van der Waals surface area contributed by atoms with Crippen LogP contribution >= 0.6 is 11.6 Å². The molecule has 0 aliphatic rings. The number of halogens is 2. The maximum absolute atomic E-state index is 13.6. The second-order valence-electron chi connectivity index (χ2n) is 5.39. The zero-order valence-electron chi connectivity index (χ0n) is 14.9. The molecule has 0 radical (unpaired) electrons. The summed E-state index contributed by atoms with van der Waals surface area (Å²) in [5.74, 6) is -2.68. The van der Waals surface area contributed by atoms with E-state index in [1.54, 1.807) is 19.1 Å². The number of amides is 1. The van der Waals surface area contributed by atoms with Crippen LogP contribution in [-0.2, 0) is 19.1 Å². The molecule has 146 valence electrons. The number of anilines is 1. The van der Waals surface area contributed by atoms with Crippen LogP contribution in [0.4, 0.5) is 10.1 Å². The van der Waals surface area contributed by atoms with Gasteiger partial charge in [0.2, 0.25) is 0 Å². The fourth-order valence-corrected chi connectivity index (χ4v) is 2.40. The van der Waals surface area contributed by atoms with Crippen molar-refractivity contribution in [2.45, 2.75) is 6.92 Å². The lowest BCUT2D eigenvalue weighted by Gasteiger charge is -2.10. The number of para-hydroxylation sites is 1. The first-order valence-corrected chi connectivity index (χ1v) is 8.65. The molecule has 0 aliphatic carbocycles. The third-order valence-electron chi connectivity index (χ3n) is 3.43. The maximum Gasteiger partial charge on any atom is 0.340 e. The van der Waals surface area contributed by atoms with Crippen LogP contribution in [0.5, 0.6) is 0 Å². The number of esters is 2. The van der Waals surface area contributed by atoms with Gasteiger partial charge in [-0.3, -0.25) is 4.79 Å². The normalized spacial score (nSPS) is 10.5. The predicted octanol–water partition coefficient (Wildman–Crippen LogP) is 3.85. The van der Waals surface area contributed by atoms with E-state index in [9.17, 15) is 18.8 Å². The summed E-state index contributed by atoms with van der Waals surface area (Å²) in [6.07, 6.45) is 2.12. The van der Waals surface area contributed by atoms with Crippen molar-refractivity contribution in [1.82, 2.24) is 0 Å². The number of rotatable bonds is 7. The summed E-state index contributed by atoms with van der Waals surface area (Å²) in [6, 6.07) is 10.4. The smallest absolute Gasteiger partial charge is 0.340 e. The number of ether oxygens (including phenoxy) is 2. The van der Waals surface area contributed by atoms with Crippen molar-refractivity contribution in [2.24, 2.45) is 0 Å². The highest BCUT2D eigenvalue weighted by atomic mass is 35.5. The number of nitrogens with one attached hydrogen (secondary N) is 1. The van der Waals surface area contributed by atoms with Crippen molar-refractivity contribution in [3.63, 3.8) is 0 Å². The minimum absolute atomic E-state index is 0.0360. The molecule has 1 N–H and O–H groups in total.